The number of nitro benzene ring substituents is 1. The van der Waals surface area contributed by atoms with E-state index in [2.05, 4.69) is 5.32 Å². The molecule has 0 spiro atoms. The van der Waals surface area contributed by atoms with Gasteiger partial charge in [-0.3, -0.25) is 14.9 Å². The van der Waals surface area contributed by atoms with Gasteiger partial charge in [-0.05, 0) is 31.7 Å². The van der Waals surface area contributed by atoms with Crippen molar-refractivity contribution in [2.75, 3.05) is 13.1 Å². The number of likely N-dealkylation sites (tertiary alicyclic amines) is 1. The first kappa shape index (κ1) is 15.4. The first-order valence-corrected chi connectivity index (χ1v) is 7.33. The smallest absolute Gasteiger partial charge is 0.269 e. The van der Waals surface area contributed by atoms with Crippen LogP contribution in [0.25, 0.3) is 0 Å². The van der Waals surface area contributed by atoms with Crippen molar-refractivity contribution in [3.05, 3.63) is 39.9 Å². The Morgan fingerprint density at radius 3 is 2.76 bits per heavy atom. The number of hydrogen-bond acceptors (Lipinski definition) is 4. The zero-order valence-electron chi connectivity index (χ0n) is 12.2. The average molecular weight is 291 g/mol. The summed E-state index contributed by atoms with van der Waals surface area (Å²) < 4.78 is 0. The molecule has 1 heterocycles. The molecule has 1 unspecified atom stereocenters. The maximum Gasteiger partial charge on any atom is 0.269 e. The third-order valence-corrected chi connectivity index (χ3v) is 3.77. The van der Waals surface area contributed by atoms with Crippen LogP contribution in [0.2, 0.25) is 0 Å². The van der Waals surface area contributed by atoms with Crippen molar-refractivity contribution in [1.29, 1.82) is 0 Å². The highest BCUT2D eigenvalue weighted by atomic mass is 16.6. The van der Waals surface area contributed by atoms with Crippen molar-refractivity contribution < 1.29 is 9.72 Å². The lowest BCUT2D eigenvalue weighted by molar-refractivity contribution is -0.384. The molecule has 6 nitrogen and oxygen atoms in total. The van der Waals surface area contributed by atoms with Crippen LogP contribution in [0, 0.1) is 10.1 Å². The number of rotatable bonds is 5. The fraction of sp³-hybridized carbons (Fsp3) is 0.533. The van der Waals surface area contributed by atoms with Gasteiger partial charge in [0, 0.05) is 31.8 Å². The van der Waals surface area contributed by atoms with E-state index in [1.165, 1.54) is 18.6 Å². The van der Waals surface area contributed by atoms with Gasteiger partial charge in [-0.25, -0.2) is 0 Å². The molecule has 6 heteroatoms. The molecule has 1 fully saturated rings. The lowest BCUT2D eigenvalue weighted by Crippen LogP contribution is -2.46. The van der Waals surface area contributed by atoms with Gasteiger partial charge in [0.05, 0.1) is 11.0 Å². The van der Waals surface area contributed by atoms with E-state index in [9.17, 15) is 14.9 Å². The first-order valence-electron chi connectivity index (χ1n) is 7.33. The lowest BCUT2D eigenvalue weighted by Gasteiger charge is -2.29. The minimum Gasteiger partial charge on any atom is -0.341 e. The Labute approximate surface area is 124 Å². The molecule has 0 radical (unpaired) electrons. The van der Waals surface area contributed by atoms with Gasteiger partial charge < -0.3 is 10.2 Å². The minimum atomic E-state index is -0.411. The Kier molecular flexibility index (Phi) is 5.27. The van der Waals surface area contributed by atoms with Crippen LogP contribution in [-0.2, 0) is 11.3 Å². The molecule has 1 N–H and O–H groups in total. The fourth-order valence-corrected chi connectivity index (χ4v) is 2.53. The zero-order valence-corrected chi connectivity index (χ0v) is 12.2. The van der Waals surface area contributed by atoms with E-state index in [0.29, 0.717) is 6.54 Å². The van der Waals surface area contributed by atoms with Crippen LogP contribution in [0.1, 0.15) is 31.7 Å². The monoisotopic (exact) mass is 291 g/mol. The molecule has 1 atom stereocenters. The fourth-order valence-electron chi connectivity index (χ4n) is 2.53. The molecule has 0 bridgehead atoms. The van der Waals surface area contributed by atoms with Gasteiger partial charge in [0.1, 0.15) is 0 Å². The Morgan fingerprint density at radius 1 is 1.38 bits per heavy atom. The van der Waals surface area contributed by atoms with E-state index in [1.54, 1.807) is 6.07 Å². The summed E-state index contributed by atoms with van der Waals surface area (Å²) in [6, 6.07) is 6.20. The van der Waals surface area contributed by atoms with Gasteiger partial charge in [-0.1, -0.05) is 12.1 Å². The molecule has 0 saturated carbocycles. The first-order chi connectivity index (χ1) is 10.1. The molecule has 0 aliphatic carbocycles. The number of hydrogen-bond donors (Lipinski definition) is 1. The number of piperidine rings is 1. The maximum atomic E-state index is 12.2. The van der Waals surface area contributed by atoms with Gasteiger partial charge in [-0.15, -0.1) is 0 Å². The third-order valence-electron chi connectivity index (χ3n) is 3.77. The molecule has 2 rings (SSSR count). The topological polar surface area (TPSA) is 75.5 Å². The molecule has 21 heavy (non-hydrogen) atoms. The zero-order chi connectivity index (χ0) is 15.2. The predicted octanol–water partition coefficient (Wildman–Crippen LogP) is 2.09. The number of carbonyl (C=O) groups is 1. The number of nitrogens with one attached hydrogen (secondary N) is 1. The molecular weight excluding hydrogens is 270 g/mol. The van der Waals surface area contributed by atoms with E-state index in [0.717, 1.165) is 31.5 Å². The largest absolute Gasteiger partial charge is 0.341 e. The van der Waals surface area contributed by atoms with E-state index in [1.807, 2.05) is 17.9 Å². The van der Waals surface area contributed by atoms with Crippen LogP contribution in [0.4, 0.5) is 5.69 Å². The van der Waals surface area contributed by atoms with Crippen molar-refractivity contribution in [3.8, 4) is 0 Å². The van der Waals surface area contributed by atoms with Gasteiger partial charge in [0.25, 0.3) is 5.69 Å². The SMILES string of the molecule is CC(NCc1cccc([N+](=O)[O-])c1)C(=O)N1CCCCC1. The summed E-state index contributed by atoms with van der Waals surface area (Å²) in [4.78, 5) is 24.5. The molecule has 1 aliphatic rings. The summed E-state index contributed by atoms with van der Waals surface area (Å²) in [5.41, 5.74) is 0.881. The van der Waals surface area contributed by atoms with Crippen molar-refractivity contribution in [3.63, 3.8) is 0 Å². The molecule has 1 aromatic rings. The molecule has 1 aromatic carbocycles. The van der Waals surface area contributed by atoms with Crippen LogP contribution >= 0.6 is 0 Å². The van der Waals surface area contributed by atoms with Gasteiger partial charge in [-0.2, -0.15) is 0 Å². The second-order valence-corrected chi connectivity index (χ2v) is 5.42. The van der Waals surface area contributed by atoms with Crippen molar-refractivity contribution in [2.45, 2.75) is 38.8 Å². The lowest BCUT2D eigenvalue weighted by atomic mass is 10.1. The molecule has 1 aliphatic heterocycles. The molecule has 114 valence electrons. The third kappa shape index (κ3) is 4.26. The number of nitro groups is 1. The number of nitrogens with zero attached hydrogens (tertiary/aromatic N) is 2. The van der Waals surface area contributed by atoms with Crippen LogP contribution in [0.5, 0.6) is 0 Å². The van der Waals surface area contributed by atoms with Gasteiger partial charge in [0.15, 0.2) is 0 Å². The summed E-state index contributed by atoms with van der Waals surface area (Å²) >= 11 is 0. The van der Waals surface area contributed by atoms with Crippen LogP contribution in [-0.4, -0.2) is 34.9 Å². The van der Waals surface area contributed by atoms with Crippen molar-refractivity contribution in [1.82, 2.24) is 10.2 Å². The van der Waals surface area contributed by atoms with E-state index in [4.69, 9.17) is 0 Å². The van der Waals surface area contributed by atoms with Crippen molar-refractivity contribution in [2.24, 2.45) is 0 Å². The summed E-state index contributed by atoms with van der Waals surface area (Å²) in [5, 5.41) is 13.9. The summed E-state index contributed by atoms with van der Waals surface area (Å²) in [7, 11) is 0. The molecule has 1 saturated heterocycles. The summed E-state index contributed by atoms with van der Waals surface area (Å²) in [6.45, 7) is 3.96. The predicted molar refractivity (Wildman–Crippen MR) is 79.8 cm³/mol. The Morgan fingerprint density at radius 2 is 2.10 bits per heavy atom. The highest BCUT2D eigenvalue weighted by Gasteiger charge is 2.21. The van der Waals surface area contributed by atoms with E-state index >= 15 is 0 Å². The number of non-ortho nitro benzene ring substituents is 1. The van der Waals surface area contributed by atoms with Crippen LogP contribution < -0.4 is 5.32 Å². The highest BCUT2D eigenvalue weighted by molar-refractivity contribution is 5.81. The van der Waals surface area contributed by atoms with Crippen LogP contribution in [0.15, 0.2) is 24.3 Å². The van der Waals surface area contributed by atoms with E-state index < -0.39 is 4.92 Å². The van der Waals surface area contributed by atoms with Gasteiger partial charge >= 0.3 is 0 Å². The highest BCUT2D eigenvalue weighted by Crippen LogP contribution is 2.13. The second-order valence-electron chi connectivity index (χ2n) is 5.42. The maximum absolute atomic E-state index is 12.2. The normalized spacial score (nSPS) is 16.5. The quantitative estimate of drug-likeness (QED) is 0.665. The van der Waals surface area contributed by atoms with Crippen molar-refractivity contribution >= 4 is 11.6 Å². The number of benzene rings is 1. The van der Waals surface area contributed by atoms with Gasteiger partial charge in [0.2, 0.25) is 5.91 Å². The minimum absolute atomic E-state index is 0.0734. The van der Waals surface area contributed by atoms with E-state index in [-0.39, 0.29) is 17.6 Å². The molecule has 1 amide bonds. The molecule has 0 aromatic heterocycles. The standard InChI is InChI=1S/C15H21N3O3/c1-12(15(19)17-8-3-2-4-9-17)16-11-13-6-5-7-14(10-13)18(20)21/h5-7,10,12,16H,2-4,8-9,11H2,1H3. The summed E-state index contributed by atoms with van der Waals surface area (Å²) in [5.74, 6) is 0.111. The molecular formula is C15H21N3O3. The Bertz CT molecular complexity index is 513. The average Bonchev–Trinajstić information content (AvgIpc) is 2.53. The number of carbonyl (C=O) groups excluding carboxylic acids is 1. The van der Waals surface area contributed by atoms with Crippen LogP contribution in [0.3, 0.4) is 0 Å². The Hall–Kier alpha value is -1.95. The number of amides is 1. The Balaban J connectivity index is 1.88. The summed E-state index contributed by atoms with van der Waals surface area (Å²) in [6.07, 6.45) is 3.34. The second kappa shape index (κ2) is 7.17.